The van der Waals surface area contributed by atoms with Crippen LogP contribution in [0, 0.1) is 5.92 Å². The normalized spacial score (nSPS) is 29.3. The van der Waals surface area contributed by atoms with E-state index in [0.717, 1.165) is 32.4 Å². The first-order chi connectivity index (χ1) is 16.8. The van der Waals surface area contributed by atoms with Gasteiger partial charge in [0.05, 0.1) is 44.4 Å². The molecule has 0 aromatic heterocycles. The molecule has 1 aromatic carbocycles. The van der Waals surface area contributed by atoms with Crippen LogP contribution in [0.25, 0.3) is 0 Å². The number of aliphatic hydroxyl groups excluding tert-OH is 1. The maximum atomic E-state index is 13.0. The molecule has 0 unspecified atom stereocenters. The van der Waals surface area contributed by atoms with Gasteiger partial charge in [-0.1, -0.05) is 30.3 Å². The van der Waals surface area contributed by atoms with Crippen molar-refractivity contribution < 1.29 is 32.5 Å². The predicted octanol–water partition coefficient (Wildman–Crippen LogP) is 3.42. The lowest BCUT2D eigenvalue weighted by molar-refractivity contribution is -0.171. The van der Waals surface area contributed by atoms with E-state index in [2.05, 4.69) is 24.3 Å². The molecule has 1 N–H and O–H groups in total. The smallest absolute Gasteiger partial charge is 0.389 e. The monoisotopic (exact) mass is 498 g/mol. The summed E-state index contributed by atoms with van der Waals surface area (Å²) in [5.41, 5.74) is 1.33. The quantitative estimate of drug-likeness (QED) is 0.652. The number of β-amino-alcohol motifs (C(OH)–C–C–N with tert-alkyl or cyclic N) is 1. The lowest BCUT2D eigenvalue weighted by atomic mass is 9.89. The van der Waals surface area contributed by atoms with Crippen molar-refractivity contribution in [3.05, 3.63) is 35.9 Å². The maximum Gasteiger partial charge on any atom is 0.390 e. The molecule has 0 saturated carbocycles. The minimum atomic E-state index is -4.25. The molecule has 4 rings (SSSR count). The number of amides is 1. The summed E-state index contributed by atoms with van der Waals surface area (Å²) in [4.78, 5) is 16.6. The third-order valence-corrected chi connectivity index (χ3v) is 7.51. The van der Waals surface area contributed by atoms with Gasteiger partial charge in [-0.3, -0.25) is 9.69 Å². The van der Waals surface area contributed by atoms with Gasteiger partial charge >= 0.3 is 6.18 Å². The van der Waals surface area contributed by atoms with E-state index in [9.17, 15) is 23.1 Å². The third-order valence-electron chi connectivity index (χ3n) is 7.51. The zero-order valence-electron chi connectivity index (χ0n) is 20.2. The van der Waals surface area contributed by atoms with Crippen molar-refractivity contribution in [2.75, 3.05) is 39.4 Å². The van der Waals surface area contributed by atoms with Gasteiger partial charge in [0.1, 0.15) is 0 Å². The molecule has 1 aromatic rings. The molecule has 0 aliphatic carbocycles. The van der Waals surface area contributed by atoms with Gasteiger partial charge in [-0.25, -0.2) is 0 Å². The summed E-state index contributed by atoms with van der Waals surface area (Å²) in [7, 11) is 0. The number of ether oxygens (including phenoxy) is 2. The standard InChI is InChI=1S/C26H37F3N2O4/c27-26(28,29)10-13-31-16-21(32)17-34-18-24-23(31)7-6-22(35-24)15-25(33)30-11-8-20(9-12-30)14-19-4-2-1-3-5-19/h1-5,20-24,32H,6-18H2/t21-,22-,23+,24-/m0/s1. The van der Waals surface area contributed by atoms with Crippen LogP contribution in [0.1, 0.15) is 44.1 Å². The average Bonchev–Trinajstić information content (AvgIpc) is 2.81. The minimum Gasteiger partial charge on any atom is -0.389 e. The van der Waals surface area contributed by atoms with Gasteiger partial charge < -0.3 is 19.5 Å². The molecule has 3 aliphatic rings. The molecule has 6 nitrogen and oxygen atoms in total. The number of nitrogens with zero attached hydrogens (tertiary/aromatic N) is 2. The Morgan fingerprint density at radius 1 is 1.06 bits per heavy atom. The molecule has 1 amide bonds. The zero-order valence-corrected chi connectivity index (χ0v) is 20.2. The summed E-state index contributed by atoms with van der Waals surface area (Å²) in [5.74, 6) is 0.668. The highest BCUT2D eigenvalue weighted by Gasteiger charge is 2.40. The maximum absolute atomic E-state index is 13.0. The number of halogens is 3. The number of hydrogen-bond acceptors (Lipinski definition) is 5. The van der Waals surface area contributed by atoms with Crippen molar-refractivity contribution in [2.24, 2.45) is 5.92 Å². The van der Waals surface area contributed by atoms with E-state index in [1.165, 1.54) is 5.56 Å². The second-order valence-electron chi connectivity index (χ2n) is 10.2. The molecule has 3 fully saturated rings. The van der Waals surface area contributed by atoms with Gasteiger partial charge in [0.2, 0.25) is 5.91 Å². The minimum absolute atomic E-state index is 0.0661. The number of carbonyl (C=O) groups is 1. The fourth-order valence-electron chi connectivity index (χ4n) is 5.63. The van der Waals surface area contributed by atoms with Gasteiger partial charge in [-0.05, 0) is 43.6 Å². The Bertz CT molecular complexity index is 802. The molecule has 0 bridgehead atoms. The predicted molar refractivity (Wildman–Crippen MR) is 125 cm³/mol. The van der Waals surface area contributed by atoms with Crippen LogP contribution < -0.4 is 0 Å². The van der Waals surface area contributed by atoms with Crippen LogP contribution in [0.5, 0.6) is 0 Å². The van der Waals surface area contributed by atoms with Crippen LogP contribution in [-0.4, -0.2) is 90.7 Å². The lowest BCUT2D eigenvalue weighted by Gasteiger charge is -2.45. The first-order valence-electron chi connectivity index (χ1n) is 12.8. The Morgan fingerprint density at radius 3 is 2.51 bits per heavy atom. The zero-order chi connectivity index (χ0) is 24.8. The summed E-state index contributed by atoms with van der Waals surface area (Å²) < 4.78 is 50.3. The van der Waals surface area contributed by atoms with Crippen molar-refractivity contribution in [1.82, 2.24) is 9.80 Å². The third kappa shape index (κ3) is 7.90. The van der Waals surface area contributed by atoms with Crippen LogP contribution in [0.3, 0.4) is 0 Å². The molecule has 3 heterocycles. The Labute approximate surface area is 205 Å². The van der Waals surface area contributed by atoms with Gasteiger partial charge in [0, 0.05) is 32.2 Å². The van der Waals surface area contributed by atoms with E-state index in [1.807, 2.05) is 11.0 Å². The van der Waals surface area contributed by atoms with Crippen LogP contribution in [-0.2, 0) is 20.7 Å². The van der Waals surface area contributed by atoms with Gasteiger partial charge in [0.15, 0.2) is 0 Å². The summed E-state index contributed by atoms with van der Waals surface area (Å²) in [5, 5.41) is 10.1. The first-order valence-corrected chi connectivity index (χ1v) is 12.8. The van der Waals surface area contributed by atoms with Crippen molar-refractivity contribution in [3.8, 4) is 0 Å². The highest BCUT2D eigenvalue weighted by atomic mass is 19.4. The lowest BCUT2D eigenvalue weighted by Crippen LogP contribution is -2.56. The molecule has 196 valence electrons. The summed E-state index contributed by atoms with van der Waals surface area (Å²) in [6.07, 6.45) is -2.14. The number of benzene rings is 1. The molecular weight excluding hydrogens is 461 g/mol. The number of alkyl halides is 3. The number of carbonyl (C=O) groups excluding carboxylic acids is 1. The molecule has 35 heavy (non-hydrogen) atoms. The van der Waals surface area contributed by atoms with Crippen LogP contribution >= 0.6 is 0 Å². The fourth-order valence-corrected chi connectivity index (χ4v) is 5.63. The fraction of sp³-hybridized carbons (Fsp3) is 0.731. The number of piperidine rings is 1. The molecule has 4 atom stereocenters. The second kappa shape index (κ2) is 12.0. The molecule has 3 saturated heterocycles. The number of rotatable bonds is 6. The SMILES string of the molecule is O=C(C[C@@H]1CC[C@@H]2[C@H](COC[C@@H](O)CN2CCC(F)(F)F)O1)N1CCC(Cc2ccccc2)CC1. The van der Waals surface area contributed by atoms with E-state index in [4.69, 9.17) is 9.47 Å². The second-order valence-corrected chi connectivity index (χ2v) is 10.2. The number of fused-ring (bicyclic) bond motifs is 1. The van der Waals surface area contributed by atoms with Crippen molar-refractivity contribution in [2.45, 2.75) is 75.5 Å². The molecule has 9 heteroatoms. The summed E-state index contributed by atoms with van der Waals surface area (Å²) in [6.45, 7) is 1.73. The highest BCUT2D eigenvalue weighted by Crippen LogP contribution is 2.30. The van der Waals surface area contributed by atoms with E-state index in [1.54, 1.807) is 4.90 Å². The van der Waals surface area contributed by atoms with Crippen LogP contribution in [0.4, 0.5) is 13.2 Å². The Kier molecular flexibility index (Phi) is 9.07. The Morgan fingerprint density at radius 2 is 1.80 bits per heavy atom. The first kappa shape index (κ1) is 26.4. The van der Waals surface area contributed by atoms with E-state index < -0.39 is 24.8 Å². The van der Waals surface area contributed by atoms with Crippen LogP contribution in [0.15, 0.2) is 30.3 Å². The summed E-state index contributed by atoms with van der Waals surface area (Å²) in [6, 6.07) is 10.2. The molecule has 0 spiro atoms. The topological polar surface area (TPSA) is 62.2 Å². The Balaban J connectivity index is 1.26. The highest BCUT2D eigenvalue weighted by molar-refractivity contribution is 5.76. The number of aliphatic hydroxyl groups is 1. The van der Waals surface area contributed by atoms with Gasteiger partial charge in [0.25, 0.3) is 0 Å². The van der Waals surface area contributed by atoms with E-state index in [-0.39, 0.29) is 50.8 Å². The van der Waals surface area contributed by atoms with E-state index in [0.29, 0.717) is 18.8 Å². The average molecular weight is 499 g/mol. The van der Waals surface area contributed by atoms with Gasteiger partial charge in [-0.15, -0.1) is 0 Å². The van der Waals surface area contributed by atoms with Crippen molar-refractivity contribution in [3.63, 3.8) is 0 Å². The van der Waals surface area contributed by atoms with Crippen molar-refractivity contribution >= 4 is 5.91 Å². The summed E-state index contributed by atoms with van der Waals surface area (Å²) >= 11 is 0. The number of hydrogen-bond donors (Lipinski definition) is 1. The van der Waals surface area contributed by atoms with Gasteiger partial charge in [-0.2, -0.15) is 13.2 Å². The number of likely N-dealkylation sites (tertiary alicyclic amines) is 1. The molecular formula is C26H37F3N2O4. The largest absolute Gasteiger partial charge is 0.390 e. The Hall–Kier alpha value is -1.68. The molecule has 0 radical (unpaired) electrons. The van der Waals surface area contributed by atoms with Crippen LogP contribution in [0.2, 0.25) is 0 Å². The van der Waals surface area contributed by atoms with E-state index >= 15 is 0 Å². The van der Waals surface area contributed by atoms with Crippen molar-refractivity contribution in [1.29, 1.82) is 0 Å². The molecule has 3 aliphatic heterocycles.